The second kappa shape index (κ2) is 7.68. The van der Waals surface area contributed by atoms with Crippen molar-refractivity contribution in [1.29, 1.82) is 0 Å². The molecule has 2 aliphatic rings. The minimum atomic E-state index is 0.771. The SMILES string of the molecule is C/C=C\[C@H]1CC[C@H](C2CCC(c3ccc(Cl)cc3)CC2)CC1. The summed E-state index contributed by atoms with van der Waals surface area (Å²) >= 11 is 6.00. The van der Waals surface area contributed by atoms with Crippen LogP contribution < -0.4 is 0 Å². The number of hydrogen-bond acceptors (Lipinski definition) is 0. The average Bonchev–Trinajstić information content (AvgIpc) is 2.57. The van der Waals surface area contributed by atoms with Crippen molar-refractivity contribution in [2.75, 3.05) is 0 Å². The normalized spacial score (nSPS) is 33.2. The van der Waals surface area contributed by atoms with Crippen molar-refractivity contribution in [3.8, 4) is 0 Å². The van der Waals surface area contributed by atoms with E-state index in [1.165, 1.54) is 56.9 Å². The Kier molecular flexibility index (Phi) is 5.63. The third kappa shape index (κ3) is 3.96. The zero-order chi connectivity index (χ0) is 15.4. The molecule has 0 unspecified atom stereocenters. The lowest BCUT2D eigenvalue weighted by atomic mass is 9.68. The van der Waals surface area contributed by atoms with E-state index in [1.54, 1.807) is 0 Å². The largest absolute Gasteiger partial charge is 0.0914 e. The van der Waals surface area contributed by atoms with Gasteiger partial charge in [0.25, 0.3) is 0 Å². The monoisotopic (exact) mass is 316 g/mol. The van der Waals surface area contributed by atoms with Crippen LogP contribution in [0.4, 0.5) is 0 Å². The summed E-state index contributed by atoms with van der Waals surface area (Å²) in [5.41, 5.74) is 1.50. The highest BCUT2D eigenvalue weighted by Gasteiger charge is 2.30. The summed E-state index contributed by atoms with van der Waals surface area (Å²) in [4.78, 5) is 0. The summed E-state index contributed by atoms with van der Waals surface area (Å²) in [6.07, 6.45) is 16.1. The third-order valence-electron chi connectivity index (χ3n) is 6.06. The molecule has 1 heteroatoms. The van der Waals surface area contributed by atoms with Crippen LogP contribution in [0.5, 0.6) is 0 Å². The van der Waals surface area contributed by atoms with E-state index in [0.29, 0.717) is 0 Å². The second-order valence-corrected chi connectivity index (χ2v) is 7.80. The maximum atomic E-state index is 6.00. The molecule has 2 fully saturated rings. The Morgan fingerprint density at radius 1 is 0.818 bits per heavy atom. The van der Waals surface area contributed by atoms with Crippen LogP contribution in [-0.4, -0.2) is 0 Å². The predicted octanol–water partition coefficient (Wildman–Crippen LogP) is 7.00. The van der Waals surface area contributed by atoms with Crippen molar-refractivity contribution >= 4 is 11.6 Å². The molecule has 2 aliphatic carbocycles. The van der Waals surface area contributed by atoms with E-state index in [-0.39, 0.29) is 0 Å². The molecule has 2 saturated carbocycles. The van der Waals surface area contributed by atoms with Gasteiger partial charge in [-0.25, -0.2) is 0 Å². The molecule has 0 N–H and O–H groups in total. The fourth-order valence-electron chi connectivity index (χ4n) is 4.74. The van der Waals surface area contributed by atoms with E-state index in [0.717, 1.165) is 28.7 Å². The fraction of sp³-hybridized carbons (Fsp3) is 0.619. The molecule has 22 heavy (non-hydrogen) atoms. The topological polar surface area (TPSA) is 0 Å². The van der Waals surface area contributed by atoms with Crippen LogP contribution in [-0.2, 0) is 0 Å². The third-order valence-corrected chi connectivity index (χ3v) is 6.31. The number of rotatable bonds is 3. The molecule has 0 heterocycles. The standard InChI is InChI=1S/C21H29Cl/c1-2-3-16-4-6-17(7-5-16)18-8-10-19(11-9-18)20-12-14-21(22)15-13-20/h2-3,12-19H,4-11H2,1H3/b3-2-/t16-,17-,18?,19?. The smallest absolute Gasteiger partial charge is 0.0406 e. The van der Waals surface area contributed by atoms with Gasteiger partial charge in [-0.05, 0) is 99.7 Å². The molecule has 0 nitrogen and oxygen atoms in total. The Labute approximate surface area is 141 Å². The molecule has 1 aromatic rings. The number of allylic oxidation sites excluding steroid dienone is 2. The average molecular weight is 317 g/mol. The van der Waals surface area contributed by atoms with Crippen molar-refractivity contribution in [1.82, 2.24) is 0 Å². The van der Waals surface area contributed by atoms with E-state index >= 15 is 0 Å². The Balaban J connectivity index is 1.49. The molecule has 0 radical (unpaired) electrons. The van der Waals surface area contributed by atoms with Gasteiger partial charge in [-0.1, -0.05) is 35.9 Å². The minimum absolute atomic E-state index is 0.771. The molecular formula is C21H29Cl. The first-order valence-corrected chi connectivity index (χ1v) is 9.52. The fourth-order valence-corrected chi connectivity index (χ4v) is 4.87. The molecule has 0 saturated heterocycles. The highest BCUT2D eigenvalue weighted by atomic mass is 35.5. The first-order chi connectivity index (χ1) is 10.8. The molecule has 0 spiro atoms. The lowest BCUT2D eigenvalue weighted by Gasteiger charge is -2.37. The van der Waals surface area contributed by atoms with E-state index in [1.807, 2.05) is 12.1 Å². The van der Waals surface area contributed by atoms with Crippen molar-refractivity contribution in [2.45, 2.75) is 64.2 Å². The zero-order valence-corrected chi connectivity index (χ0v) is 14.6. The predicted molar refractivity (Wildman–Crippen MR) is 96.4 cm³/mol. The Morgan fingerprint density at radius 3 is 1.91 bits per heavy atom. The van der Waals surface area contributed by atoms with Crippen LogP contribution in [0, 0.1) is 17.8 Å². The number of halogens is 1. The number of benzene rings is 1. The molecular weight excluding hydrogens is 288 g/mol. The number of hydrogen-bond donors (Lipinski definition) is 0. The van der Waals surface area contributed by atoms with Gasteiger partial charge in [-0.3, -0.25) is 0 Å². The lowest BCUT2D eigenvalue weighted by Crippen LogP contribution is -2.25. The first kappa shape index (κ1) is 16.1. The van der Waals surface area contributed by atoms with Gasteiger partial charge in [0.2, 0.25) is 0 Å². The summed E-state index contributed by atoms with van der Waals surface area (Å²) in [7, 11) is 0. The highest BCUT2D eigenvalue weighted by molar-refractivity contribution is 6.30. The van der Waals surface area contributed by atoms with Crippen LogP contribution in [0.25, 0.3) is 0 Å². The van der Waals surface area contributed by atoms with Gasteiger partial charge in [-0.15, -0.1) is 0 Å². The summed E-state index contributed by atoms with van der Waals surface area (Å²) in [6.45, 7) is 2.16. The van der Waals surface area contributed by atoms with Gasteiger partial charge >= 0.3 is 0 Å². The van der Waals surface area contributed by atoms with Crippen LogP contribution in [0.3, 0.4) is 0 Å². The summed E-state index contributed by atoms with van der Waals surface area (Å²) in [5, 5.41) is 0.857. The van der Waals surface area contributed by atoms with Crippen LogP contribution in [0.1, 0.15) is 69.8 Å². The second-order valence-electron chi connectivity index (χ2n) is 7.36. The molecule has 0 aliphatic heterocycles. The molecule has 3 rings (SSSR count). The minimum Gasteiger partial charge on any atom is -0.0914 e. The van der Waals surface area contributed by atoms with Gasteiger partial charge in [-0.2, -0.15) is 0 Å². The summed E-state index contributed by atoms with van der Waals surface area (Å²) in [5.74, 6) is 3.64. The lowest BCUT2D eigenvalue weighted by molar-refractivity contribution is 0.171. The Hall–Kier alpha value is -0.750. The molecule has 0 atom stereocenters. The van der Waals surface area contributed by atoms with Gasteiger partial charge < -0.3 is 0 Å². The van der Waals surface area contributed by atoms with Gasteiger partial charge in [0.1, 0.15) is 0 Å². The Morgan fingerprint density at radius 2 is 1.36 bits per heavy atom. The Bertz CT molecular complexity index is 471. The molecule has 0 amide bonds. The molecule has 1 aromatic carbocycles. The van der Waals surface area contributed by atoms with Crippen molar-refractivity contribution in [3.63, 3.8) is 0 Å². The van der Waals surface area contributed by atoms with Crippen LogP contribution >= 0.6 is 11.6 Å². The maximum Gasteiger partial charge on any atom is 0.0406 e. The van der Waals surface area contributed by atoms with Crippen molar-refractivity contribution < 1.29 is 0 Å². The van der Waals surface area contributed by atoms with Crippen LogP contribution in [0.15, 0.2) is 36.4 Å². The van der Waals surface area contributed by atoms with Gasteiger partial charge in [0.15, 0.2) is 0 Å². The van der Waals surface area contributed by atoms with Gasteiger partial charge in [0.05, 0.1) is 0 Å². The highest BCUT2D eigenvalue weighted by Crippen LogP contribution is 2.44. The van der Waals surface area contributed by atoms with Crippen molar-refractivity contribution in [2.24, 2.45) is 17.8 Å². The maximum absolute atomic E-state index is 6.00. The van der Waals surface area contributed by atoms with E-state index in [2.05, 4.69) is 31.2 Å². The van der Waals surface area contributed by atoms with E-state index < -0.39 is 0 Å². The molecule has 120 valence electrons. The van der Waals surface area contributed by atoms with E-state index in [9.17, 15) is 0 Å². The van der Waals surface area contributed by atoms with Gasteiger partial charge in [0, 0.05) is 5.02 Å². The quantitative estimate of drug-likeness (QED) is 0.527. The van der Waals surface area contributed by atoms with E-state index in [4.69, 9.17) is 11.6 Å². The molecule has 0 aromatic heterocycles. The van der Waals surface area contributed by atoms with Crippen molar-refractivity contribution in [3.05, 3.63) is 47.0 Å². The summed E-state index contributed by atoms with van der Waals surface area (Å²) in [6, 6.07) is 8.56. The first-order valence-electron chi connectivity index (χ1n) is 9.14. The molecule has 0 bridgehead atoms. The zero-order valence-electron chi connectivity index (χ0n) is 13.8. The summed E-state index contributed by atoms with van der Waals surface area (Å²) < 4.78 is 0. The van der Waals surface area contributed by atoms with Crippen LogP contribution in [0.2, 0.25) is 5.02 Å².